The molecular formula is C10H13N3O3. The molecule has 6 heteroatoms. The van der Waals surface area contributed by atoms with E-state index >= 15 is 0 Å². The highest BCUT2D eigenvalue weighted by atomic mass is 16.6. The van der Waals surface area contributed by atoms with Crippen molar-refractivity contribution in [3.05, 3.63) is 28.4 Å². The second-order valence-electron chi connectivity index (χ2n) is 3.78. The first-order valence-corrected chi connectivity index (χ1v) is 5.19. The van der Waals surface area contributed by atoms with E-state index in [9.17, 15) is 10.1 Å². The predicted octanol–water partition coefficient (Wildman–Crippen LogP) is 0.978. The maximum Gasteiger partial charge on any atom is 0.287 e. The highest BCUT2D eigenvalue weighted by molar-refractivity contribution is 5.28. The second-order valence-corrected chi connectivity index (χ2v) is 3.78. The van der Waals surface area contributed by atoms with Crippen LogP contribution in [-0.2, 0) is 0 Å². The molecule has 6 nitrogen and oxygen atoms in total. The van der Waals surface area contributed by atoms with Crippen molar-refractivity contribution in [2.75, 3.05) is 19.7 Å². The fourth-order valence-corrected chi connectivity index (χ4v) is 1.63. The molecule has 1 N–H and O–H groups in total. The molecule has 0 amide bonds. The van der Waals surface area contributed by atoms with Crippen LogP contribution in [0.25, 0.3) is 0 Å². The van der Waals surface area contributed by atoms with E-state index < -0.39 is 4.92 Å². The van der Waals surface area contributed by atoms with Crippen LogP contribution >= 0.6 is 0 Å². The Balaban J connectivity index is 1.87. The van der Waals surface area contributed by atoms with Crippen molar-refractivity contribution < 1.29 is 9.66 Å². The fraction of sp³-hybridized carbons (Fsp3) is 0.500. The number of rotatable bonds is 4. The molecule has 1 fully saturated rings. The first-order valence-electron chi connectivity index (χ1n) is 5.19. The smallest absolute Gasteiger partial charge is 0.287 e. The van der Waals surface area contributed by atoms with Gasteiger partial charge in [0.2, 0.25) is 5.88 Å². The monoisotopic (exact) mass is 223 g/mol. The van der Waals surface area contributed by atoms with Crippen molar-refractivity contribution in [2.45, 2.75) is 6.42 Å². The summed E-state index contributed by atoms with van der Waals surface area (Å²) in [6.45, 7) is 2.60. The van der Waals surface area contributed by atoms with Crippen molar-refractivity contribution in [3.8, 4) is 5.88 Å². The Labute approximate surface area is 92.8 Å². The molecule has 1 aliphatic heterocycles. The van der Waals surface area contributed by atoms with Gasteiger partial charge < -0.3 is 10.1 Å². The fourth-order valence-electron chi connectivity index (χ4n) is 1.63. The first kappa shape index (κ1) is 10.8. The summed E-state index contributed by atoms with van der Waals surface area (Å²) in [6, 6.07) is 2.93. The zero-order chi connectivity index (χ0) is 11.4. The van der Waals surface area contributed by atoms with Crippen molar-refractivity contribution >= 4 is 5.69 Å². The minimum atomic E-state index is -0.475. The summed E-state index contributed by atoms with van der Waals surface area (Å²) >= 11 is 0. The average Bonchev–Trinajstić information content (AvgIpc) is 2.80. The SMILES string of the molecule is O=[N+]([O-])c1ccc(OC[C@H]2CCNC2)nc1. The zero-order valence-corrected chi connectivity index (χ0v) is 8.76. The molecule has 86 valence electrons. The van der Waals surface area contributed by atoms with Crippen molar-refractivity contribution in [1.82, 2.24) is 10.3 Å². The van der Waals surface area contributed by atoms with Gasteiger partial charge in [0.05, 0.1) is 11.5 Å². The van der Waals surface area contributed by atoms with E-state index in [4.69, 9.17) is 4.74 Å². The lowest BCUT2D eigenvalue weighted by atomic mass is 10.1. The summed E-state index contributed by atoms with van der Waals surface area (Å²) in [5.74, 6) is 0.953. The Hall–Kier alpha value is -1.69. The number of nitrogens with one attached hydrogen (secondary N) is 1. The lowest BCUT2D eigenvalue weighted by molar-refractivity contribution is -0.385. The molecule has 0 aliphatic carbocycles. The van der Waals surface area contributed by atoms with Crippen molar-refractivity contribution in [1.29, 1.82) is 0 Å². The van der Waals surface area contributed by atoms with Crippen LogP contribution in [0.15, 0.2) is 18.3 Å². The molecule has 0 spiro atoms. The van der Waals surface area contributed by atoms with Crippen molar-refractivity contribution in [2.24, 2.45) is 5.92 Å². The molecule has 16 heavy (non-hydrogen) atoms. The molecule has 0 bridgehead atoms. The molecular weight excluding hydrogens is 210 g/mol. The summed E-state index contributed by atoms with van der Waals surface area (Å²) < 4.78 is 5.45. The van der Waals surface area contributed by atoms with E-state index in [1.54, 1.807) is 0 Å². The third-order valence-corrected chi connectivity index (χ3v) is 2.56. The van der Waals surface area contributed by atoms with Crippen LogP contribution in [0.5, 0.6) is 5.88 Å². The number of nitro groups is 1. The van der Waals surface area contributed by atoms with E-state index in [1.165, 1.54) is 18.3 Å². The van der Waals surface area contributed by atoms with E-state index in [0.29, 0.717) is 18.4 Å². The van der Waals surface area contributed by atoms with Gasteiger partial charge >= 0.3 is 0 Å². The Morgan fingerprint density at radius 2 is 2.50 bits per heavy atom. The average molecular weight is 223 g/mol. The standard InChI is InChI=1S/C10H13N3O3/c14-13(15)9-1-2-10(12-6-9)16-7-8-3-4-11-5-8/h1-2,6,8,11H,3-5,7H2/t8-/m0/s1. The lowest BCUT2D eigenvalue weighted by Crippen LogP contribution is -2.15. The van der Waals surface area contributed by atoms with Crippen LogP contribution in [-0.4, -0.2) is 29.6 Å². The van der Waals surface area contributed by atoms with Crippen LogP contribution in [0.2, 0.25) is 0 Å². The van der Waals surface area contributed by atoms with Gasteiger partial charge in [-0.3, -0.25) is 10.1 Å². The number of pyridine rings is 1. The molecule has 0 aromatic carbocycles. The molecule has 1 aliphatic rings. The number of nitrogens with zero attached hydrogens (tertiary/aromatic N) is 2. The van der Waals surface area contributed by atoms with E-state index in [1.807, 2.05) is 0 Å². The van der Waals surface area contributed by atoms with Crippen LogP contribution in [0, 0.1) is 16.0 Å². The predicted molar refractivity (Wildman–Crippen MR) is 57.4 cm³/mol. The van der Waals surface area contributed by atoms with Gasteiger partial charge in [-0.25, -0.2) is 4.98 Å². The van der Waals surface area contributed by atoms with Crippen LogP contribution in [0.4, 0.5) is 5.69 Å². The summed E-state index contributed by atoms with van der Waals surface area (Å²) in [5, 5.41) is 13.6. The largest absolute Gasteiger partial charge is 0.477 e. The maximum atomic E-state index is 10.4. The third-order valence-electron chi connectivity index (χ3n) is 2.56. The van der Waals surface area contributed by atoms with Crippen molar-refractivity contribution in [3.63, 3.8) is 0 Å². The second kappa shape index (κ2) is 4.89. The molecule has 1 aromatic heterocycles. The first-order chi connectivity index (χ1) is 7.75. The Morgan fingerprint density at radius 1 is 1.62 bits per heavy atom. The highest BCUT2D eigenvalue weighted by Crippen LogP contribution is 2.15. The molecule has 0 radical (unpaired) electrons. The molecule has 1 aromatic rings. The molecule has 1 atom stereocenters. The lowest BCUT2D eigenvalue weighted by Gasteiger charge is -2.09. The van der Waals surface area contributed by atoms with Crippen LogP contribution in [0.1, 0.15) is 6.42 Å². The van der Waals surface area contributed by atoms with Gasteiger partial charge in [-0.1, -0.05) is 0 Å². The number of hydrogen-bond acceptors (Lipinski definition) is 5. The minimum absolute atomic E-state index is 0.0186. The molecule has 0 saturated carbocycles. The topological polar surface area (TPSA) is 77.3 Å². The summed E-state index contributed by atoms with van der Waals surface area (Å²) in [5.41, 5.74) is -0.0186. The van der Waals surface area contributed by atoms with Gasteiger partial charge in [-0.2, -0.15) is 0 Å². The minimum Gasteiger partial charge on any atom is -0.477 e. The van der Waals surface area contributed by atoms with E-state index in [-0.39, 0.29) is 5.69 Å². The van der Waals surface area contributed by atoms with E-state index in [0.717, 1.165) is 19.5 Å². The Bertz CT molecular complexity index is 360. The maximum absolute atomic E-state index is 10.4. The molecule has 2 rings (SSSR count). The van der Waals surface area contributed by atoms with Gasteiger partial charge in [0, 0.05) is 24.6 Å². The van der Waals surface area contributed by atoms with Gasteiger partial charge in [0.15, 0.2) is 0 Å². The molecule has 0 unspecified atom stereocenters. The van der Waals surface area contributed by atoms with Crippen LogP contribution in [0.3, 0.4) is 0 Å². The highest BCUT2D eigenvalue weighted by Gasteiger charge is 2.15. The quantitative estimate of drug-likeness (QED) is 0.608. The summed E-state index contributed by atoms with van der Waals surface area (Å²) in [4.78, 5) is 13.8. The normalized spacial score (nSPS) is 19.6. The summed E-state index contributed by atoms with van der Waals surface area (Å²) in [7, 11) is 0. The number of aromatic nitrogens is 1. The van der Waals surface area contributed by atoms with Gasteiger partial charge in [-0.05, 0) is 13.0 Å². The zero-order valence-electron chi connectivity index (χ0n) is 8.76. The molecule has 1 saturated heterocycles. The number of hydrogen-bond donors (Lipinski definition) is 1. The van der Waals surface area contributed by atoms with Gasteiger partial charge in [0.1, 0.15) is 6.20 Å². The van der Waals surface area contributed by atoms with Crippen LogP contribution < -0.4 is 10.1 Å². The van der Waals surface area contributed by atoms with E-state index in [2.05, 4.69) is 10.3 Å². The summed E-state index contributed by atoms with van der Waals surface area (Å²) in [6.07, 6.45) is 2.31. The number of ether oxygens (including phenoxy) is 1. The Kier molecular flexibility index (Phi) is 3.31. The Morgan fingerprint density at radius 3 is 3.06 bits per heavy atom. The third kappa shape index (κ3) is 2.66. The van der Waals surface area contributed by atoms with Gasteiger partial charge in [0.25, 0.3) is 5.69 Å². The molecule has 2 heterocycles. The van der Waals surface area contributed by atoms with Gasteiger partial charge in [-0.15, -0.1) is 0 Å².